The molecule has 1 heterocycles. The van der Waals surface area contributed by atoms with E-state index in [4.69, 9.17) is 5.73 Å². The number of likely N-dealkylation sites (tertiary alicyclic amines) is 1. The van der Waals surface area contributed by atoms with Crippen molar-refractivity contribution in [3.8, 4) is 6.07 Å². The Morgan fingerprint density at radius 2 is 2.09 bits per heavy atom. The van der Waals surface area contributed by atoms with Crippen molar-refractivity contribution < 1.29 is 13.6 Å². The number of fused-ring (bicyclic) bond motifs is 1. The molecule has 1 saturated heterocycles. The third-order valence-corrected chi connectivity index (χ3v) is 8.12. The van der Waals surface area contributed by atoms with E-state index in [9.17, 15) is 18.8 Å². The molecule has 35 heavy (non-hydrogen) atoms. The van der Waals surface area contributed by atoms with Crippen LogP contribution in [0.1, 0.15) is 43.2 Å². The van der Waals surface area contributed by atoms with E-state index >= 15 is 0 Å². The van der Waals surface area contributed by atoms with Crippen molar-refractivity contribution in [1.82, 2.24) is 9.80 Å². The molecule has 4 atom stereocenters. The summed E-state index contributed by atoms with van der Waals surface area (Å²) in [5.41, 5.74) is 8.31. The van der Waals surface area contributed by atoms with Crippen LogP contribution in [0.25, 0.3) is 0 Å². The van der Waals surface area contributed by atoms with Crippen LogP contribution in [-0.2, 0) is 5.41 Å². The quantitative estimate of drug-likeness (QED) is 0.650. The summed E-state index contributed by atoms with van der Waals surface area (Å²) in [6, 6.07) is 13.5. The lowest BCUT2D eigenvalue weighted by Crippen LogP contribution is -2.48. The van der Waals surface area contributed by atoms with E-state index < -0.39 is 11.6 Å². The van der Waals surface area contributed by atoms with Gasteiger partial charge in [0.05, 0.1) is 11.6 Å². The van der Waals surface area contributed by atoms with Crippen molar-refractivity contribution in [3.05, 3.63) is 65.2 Å². The van der Waals surface area contributed by atoms with Gasteiger partial charge in [-0.1, -0.05) is 12.1 Å². The number of carbonyl (C=O) groups is 1. The molecule has 8 heteroatoms. The number of urea groups is 1. The lowest BCUT2D eigenvalue weighted by molar-refractivity contribution is 0.149. The highest BCUT2D eigenvalue weighted by Gasteiger charge is 2.58. The van der Waals surface area contributed by atoms with Crippen molar-refractivity contribution in [3.63, 3.8) is 0 Å². The molecule has 6 nitrogen and oxygen atoms in total. The summed E-state index contributed by atoms with van der Waals surface area (Å²) in [6.07, 6.45) is 4.73. The third-order valence-electron chi connectivity index (χ3n) is 8.12. The largest absolute Gasteiger partial charge is 0.326 e. The molecular formula is C27H31F2N5O. The number of hydrogen-bond donors (Lipinski definition) is 2. The summed E-state index contributed by atoms with van der Waals surface area (Å²) in [5.74, 6) is -1.46. The van der Waals surface area contributed by atoms with Gasteiger partial charge in [-0.3, -0.25) is 4.90 Å². The summed E-state index contributed by atoms with van der Waals surface area (Å²) < 4.78 is 27.1. The van der Waals surface area contributed by atoms with Gasteiger partial charge in [0, 0.05) is 43.5 Å². The zero-order valence-corrected chi connectivity index (χ0v) is 19.7. The van der Waals surface area contributed by atoms with Crippen molar-refractivity contribution in [2.45, 2.75) is 49.6 Å². The number of nitrogens with zero attached hydrogens (tertiary/aromatic N) is 3. The number of nitrogens with one attached hydrogen (secondary N) is 1. The first-order valence-corrected chi connectivity index (χ1v) is 12.4. The fraction of sp³-hybridized carbons (Fsp3) is 0.481. The summed E-state index contributed by atoms with van der Waals surface area (Å²) in [4.78, 5) is 17.5. The van der Waals surface area contributed by atoms with Gasteiger partial charge in [0.25, 0.3) is 0 Å². The first-order chi connectivity index (χ1) is 16.9. The van der Waals surface area contributed by atoms with Crippen LogP contribution in [0.5, 0.6) is 0 Å². The molecule has 0 spiro atoms. The minimum atomic E-state index is -0.986. The molecule has 2 unspecified atom stereocenters. The monoisotopic (exact) mass is 479 g/mol. The van der Waals surface area contributed by atoms with Crippen LogP contribution in [0.3, 0.4) is 0 Å². The number of anilines is 1. The Morgan fingerprint density at radius 1 is 1.23 bits per heavy atom. The standard InChI is InChI=1S/C27H31F2N5O/c28-24-5-4-22(14-25(24)29)32-26(35)34(11-10-33-9-7-21(31)17-33)23-6-8-27(15-20(27)13-23)19-3-1-2-18(12-19)16-30/h1-5,12,14,20-21,23H,6-11,13,15,17,31H2,(H,32,35)/t20-,21?,23?,27-/m1/s1. The van der Waals surface area contributed by atoms with Gasteiger partial charge in [-0.05, 0) is 79.8 Å². The molecular weight excluding hydrogens is 448 g/mol. The van der Waals surface area contributed by atoms with Crippen molar-refractivity contribution >= 4 is 11.7 Å². The molecule has 3 N–H and O–H groups in total. The second kappa shape index (κ2) is 9.56. The molecule has 2 aliphatic carbocycles. The maximum atomic E-state index is 13.7. The van der Waals surface area contributed by atoms with E-state index in [0.29, 0.717) is 18.0 Å². The van der Waals surface area contributed by atoms with Gasteiger partial charge >= 0.3 is 6.03 Å². The van der Waals surface area contributed by atoms with E-state index in [1.165, 1.54) is 11.6 Å². The zero-order chi connectivity index (χ0) is 24.6. The summed E-state index contributed by atoms with van der Waals surface area (Å²) >= 11 is 0. The molecule has 2 aromatic carbocycles. The lowest BCUT2D eigenvalue weighted by Gasteiger charge is -2.37. The van der Waals surface area contributed by atoms with E-state index in [0.717, 1.165) is 63.9 Å². The third kappa shape index (κ3) is 4.89. The molecule has 184 valence electrons. The predicted octanol–water partition coefficient (Wildman–Crippen LogP) is 4.21. The fourth-order valence-corrected chi connectivity index (χ4v) is 6.08. The number of benzene rings is 2. The van der Waals surface area contributed by atoms with Gasteiger partial charge in [-0.2, -0.15) is 5.26 Å². The number of nitriles is 1. The van der Waals surface area contributed by atoms with Crippen LogP contribution in [-0.4, -0.2) is 54.1 Å². The molecule has 0 radical (unpaired) electrons. The first-order valence-electron chi connectivity index (χ1n) is 12.4. The number of rotatable bonds is 6. The number of amides is 2. The van der Waals surface area contributed by atoms with E-state index in [2.05, 4.69) is 22.4 Å². The van der Waals surface area contributed by atoms with E-state index in [1.807, 2.05) is 23.1 Å². The Morgan fingerprint density at radius 3 is 2.80 bits per heavy atom. The second-order valence-corrected chi connectivity index (χ2v) is 10.3. The second-order valence-electron chi connectivity index (χ2n) is 10.3. The topological polar surface area (TPSA) is 85.4 Å². The minimum Gasteiger partial charge on any atom is -0.326 e. The zero-order valence-electron chi connectivity index (χ0n) is 19.7. The highest BCUT2D eigenvalue weighted by atomic mass is 19.2. The fourth-order valence-electron chi connectivity index (χ4n) is 6.08. The van der Waals surface area contributed by atoms with Crippen LogP contribution >= 0.6 is 0 Å². The maximum Gasteiger partial charge on any atom is 0.322 e. The van der Waals surface area contributed by atoms with Crippen LogP contribution in [0.4, 0.5) is 19.3 Å². The summed E-state index contributed by atoms with van der Waals surface area (Å²) in [7, 11) is 0. The number of hydrogen-bond acceptors (Lipinski definition) is 4. The van der Waals surface area contributed by atoms with Gasteiger partial charge in [0.1, 0.15) is 0 Å². The molecule has 1 aliphatic heterocycles. The number of halogens is 2. The first kappa shape index (κ1) is 23.7. The van der Waals surface area contributed by atoms with Crippen molar-refractivity contribution in [1.29, 1.82) is 5.26 Å². The van der Waals surface area contributed by atoms with Crippen LogP contribution < -0.4 is 11.1 Å². The van der Waals surface area contributed by atoms with Crippen LogP contribution in [0.2, 0.25) is 0 Å². The maximum absolute atomic E-state index is 13.7. The normalized spacial score (nSPS) is 27.7. The van der Waals surface area contributed by atoms with E-state index in [-0.39, 0.29) is 29.2 Å². The smallest absolute Gasteiger partial charge is 0.322 e. The molecule has 3 fully saturated rings. The predicted molar refractivity (Wildman–Crippen MR) is 130 cm³/mol. The highest BCUT2D eigenvalue weighted by molar-refractivity contribution is 5.89. The SMILES string of the molecule is N#Cc1cccc([C@]23CCC(N(CCN4CCC(N)C4)C(=O)Nc4ccc(F)c(F)c4)C[C@@H]2C3)c1. The molecule has 2 aromatic rings. The Labute approximate surface area is 204 Å². The van der Waals surface area contributed by atoms with Gasteiger partial charge in [0.2, 0.25) is 0 Å². The lowest BCUT2D eigenvalue weighted by atomic mass is 9.80. The Bertz CT molecular complexity index is 1150. The molecule has 5 rings (SSSR count). The number of carbonyl (C=O) groups excluding carboxylic acids is 1. The molecule has 0 bridgehead atoms. The molecule has 2 amide bonds. The summed E-state index contributed by atoms with van der Waals surface area (Å²) in [6.45, 7) is 3.03. The summed E-state index contributed by atoms with van der Waals surface area (Å²) in [5, 5.41) is 12.1. The van der Waals surface area contributed by atoms with Gasteiger partial charge in [-0.15, -0.1) is 0 Å². The van der Waals surface area contributed by atoms with E-state index in [1.54, 1.807) is 0 Å². The van der Waals surface area contributed by atoms with Gasteiger partial charge < -0.3 is 16.0 Å². The van der Waals surface area contributed by atoms with Gasteiger partial charge in [0.15, 0.2) is 11.6 Å². The minimum absolute atomic E-state index is 0.0661. The molecule has 0 aromatic heterocycles. The van der Waals surface area contributed by atoms with Crippen molar-refractivity contribution in [2.75, 3.05) is 31.5 Å². The Hall–Kier alpha value is -3.02. The Balaban J connectivity index is 1.29. The number of nitrogens with two attached hydrogens (primary N) is 1. The van der Waals surface area contributed by atoms with Crippen LogP contribution in [0.15, 0.2) is 42.5 Å². The highest BCUT2D eigenvalue weighted by Crippen LogP contribution is 2.62. The van der Waals surface area contributed by atoms with Crippen LogP contribution in [0, 0.1) is 28.9 Å². The van der Waals surface area contributed by atoms with Gasteiger partial charge in [-0.25, -0.2) is 13.6 Å². The molecule has 2 saturated carbocycles. The average Bonchev–Trinajstić information content (AvgIpc) is 3.46. The average molecular weight is 480 g/mol. The Kier molecular flexibility index (Phi) is 6.47. The van der Waals surface area contributed by atoms with Crippen molar-refractivity contribution in [2.24, 2.45) is 11.7 Å². The molecule has 3 aliphatic rings.